The number of nitrogens with zero attached hydrogens (tertiary/aromatic N) is 1. The molecule has 0 heterocycles. The van der Waals surface area contributed by atoms with Gasteiger partial charge >= 0.3 is 0 Å². The van der Waals surface area contributed by atoms with E-state index in [1.54, 1.807) is 40.2 Å². The van der Waals surface area contributed by atoms with E-state index in [-0.39, 0.29) is 6.54 Å². The van der Waals surface area contributed by atoms with E-state index in [4.69, 9.17) is 9.47 Å². The van der Waals surface area contributed by atoms with Gasteiger partial charge in [0.2, 0.25) is 10.0 Å². The molecule has 0 bridgehead atoms. The zero-order valence-corrected chi connectivity index (χ0v) is 16.5. The first-order valence-electron chi connectivity index (χ1n) is 7.86. The Kier molecular flexibility index (Phi) is 7.50. The van der Waals surface area contributed by atoms with Crippen molar-refractivity contribution in [3.05, 3.63) is 18.2 Å². The Morgan fingerprint density at radius 3 is 2.36 bits per heavy atom. The van der Waals surface area contributed by atoms with Crippen LogP contribution in [0.1, 0.15) is 20.8 Å². The summed E-state index contributed by atoms with van der Waals surface area (Å²) in [6.07, 6.45) is 1.13. The number of ether oxygens (including phenoxy) is 2. The van der Waals surface area contributed by atoms with Crippen molar-refractivity contribution in [2.75, 3.05) is 38.9 Å². The molecule has 0 amide bonds. The summed E-state index contributed by atoms with van der Waals surface area (Å²) in [6, 6.07) is 5.43. The van der Waals surface area contributed by atoms with Crippen LogP contribution >= 0.6 is 0 Å². The summed E-state index contributed by atoms with van der Waals surface area (Å²) in [4.78, 5) is 4.46. The van der Waals surface area contributed by atoms with E-state index in [9.17, 15) is 8.42 Å². The number of guanidine groups is 1. The molecular formula is C16H28N4O4S. The van der Waals surface area contributed by atoms with Crippen LogP contribution in [0.5, 0.6) is 11.5 Å². The van der Waals surface area contributed by atoms with Crippen LogP contribution < -0.4 is 24.8 Å². The lowest BCUT2D eigenvalue weighted by atomic mass is 10.1. The Morgan fingerprint density at radius 2 is 1.84 bits per heavy atom. The van der Waals surface area contributed by atoms with Crippen LogP contribution in [-0.4, -0.2) is 53.5 Å². The molecule has 1 rings (SSSR count). The second kappa shape index (κ2) is 8.91. The zero-order valence-electron chi connectivity index (χ0n) is 15.6. The summed E-state index contributed by atoms with van der Waals surface area (Å²) >= 11 is 0. The summed E-state index contributed by atoms with van der Waals surface area (Å²) in [5.41, 5.74) is 0.0688. The first-order valence-corrected chi connectivity index (χ1v) is 9.75. The first-order chi connectivity index (χ1) is 11.6. The monoisotopic (exact) mass is 372 g/mol. The number of nitrogens with one attached hydrogen (secondary N) is 3. The predicted octanol–water partition coefficient (Wildman–Crippen LogP) is 1.41. The van der Waals surface area contributed by atoms with Crippen LogP contribution in [0.15, 0.2) is 23.2 Å². The maximum atomic E-state index is 11.4. The fourth-order valence-electron chi connectivity index (χ4n) is 2.17. The molecule has 0 aliphatic rings. The maximum absolute atomic E-state index is 11.4. The second-order valence-corrected chi connectivity index (χ2v) is 7.90. The Balaban J connectivity index is 2.93. The summed E-state index contributed by atoms with van der Waals surface area (Å²) in [7, 11) is -0.162. The van der Waals surface area contributed by atoms with Gasteiger partial charge in [0.05, 0.1) is 27.0 Å². The summed E-state index contributed by atoms with van der Waals surface area (Å²) < 4.78 is 35.9. The minimum Gasteiger partial charge on any atom is -0.493 e. The van der Waals surface area contributed by atoms with E-state index in [0.717, 1.165) is 11.9 Å². The van der Waals surface area contributed by atoms with Crippen molar-refractivity contribution < 1.29 is 17.9 Å². The van der Waals surface area contributed by atoms with Crippen molar-refractivity contribution in [2.45, 2.75) is 26.3 Å². The lowest BCUT2D eigenvalue weighted by molar-refractivity contribution is 0.355. The van der Waals surface area contributed by atoms with Crippen molar-refractivity contribution in [2.24, 2.45) is 4.99 Å². The normalized spacial score (nSPS) is 12.6. The molecule has 0 radical (unpaired) electrons. The Hall–Kier alpha value is -2.00. The van der Waals surface area contributed by atoms with Crippen molar-refractivity contribution in [3.63, 3.8) is 0 Å². The van der Waals surface area contributed by atoms with Gasteiger partial charge in [-0.25, -0.2) is 13.1 Å². The number of anilines is 1. The predicted molar refractivity (Wildman–Crippen MR) is 101 cm³/mol. The highest BCUT2D eigenvalue weighted by Gasteiger charge is 2.22. The number of sulfonamides is 1. The van der Waals surface area contributed by atoms with Crippen LogP contribution in [0.3, 0.4) is 0 Å². The molecule has 0 saturated heterocycles. The standard InChI is InChI=1S/C16H28N4O4S/c1-7-17-15(18-11-16(2,3)20-25(6,21)22)19-12-8-9-13(23-4)14(10-12)24-5/h8-10,20H,7,11H2,1-6H3,(H2,17,18,19). The molecule has 9 heteroatoms. The average molecular weight is 372 g/mol. The Bertz CT molecular complexity index is 702. The molecule has 142 valence electrons. The molecule has 0 spiro atoms. The zero-order chi connectivity index (χ0) is 19.1. The van der Waals surface area contributed by atoms with E-state index in [0.29, 0.717) is 24.0 Å². The van der Waals surface area contributed by atoms with Gasteiger partial charge in [-0.15, -0.1) is 0 Å². The summed E-state index contributed by atoms with van der Waals surface area (Å²) in [6.45, 7) is 6.43. The average Bonchev–Trinajstić information content (AvgIpc) is 2.50. The SMILES string of the molecule is CCNC(=NCC(C)(C)NS(C)(=O)=O)Nc1ccc(OC)c(OC)c1. The molecule has 8 nitrogen and oxygen atoms in total. The van der Waals surface area contributed by atoms with Gasteiger partial charge in [0.15, 0.2) is 17.5 Å². The van der Waals surface area contributed by atoms with E-state index in [1.165, 1.54) is 0 Å². The van der Waals surface area contributed by atoms with Crippen LogP contribution in [0, 0.1) is 0 Å². The molecule has 0 aliphatic carbocycles. The second-order valence-electron chi connectivity index (χ2n) is 6.15. The third-order valence-electron chi connectivity index (χ3n) is 3.08. The quantitative estimate of drug-likeness (QED) is 0.471. The number of methoxy groups -OCH3 is 2. The van der Waals surface area contributed by atoms with E-state index >= 15 is 0 Å². The number of aliphatic imine (C=N–C) groups is 1. The highest BCUT2D eigenvalue weighted by Crippen LogP contribution is 2.29. The van der Waals surface area contributed by atoms with Crippen LogP contribution in [0.2, 0.25) is 0 Å². The molecule has 1 aromatic carbocycles. The maximum Gasteiger partial charge on any atom is 0.209 e. The number of hydrogen-bond acceptors (Lipinski definition) is 5. The minimum absolute atomic E-state index is 0.267. The molecule has 3 N–H and O–H groups in total. The van der Waals surface area contributed by atoms with Crippen LogP contribution in [0.4, 0.5) is 5.69 Å². The third-order valence-corrected chi connectivity index (χ3v) is 4.01. The highest BCUT2D eigenvalue weighted by molar-refractivity contribution is 7.88. The molecule has 0 unspecified atom stereocenters. The molecule has 0 fully saturated rings. The largest absolute Gasteiger partial charge is 0.493 e. The van der Waals surface area contributed by atoms with Gasteiger partial charge in [0.1, 0.15) is 0 Å². The molecule has 25 heavy (non-hydrogen) atoms. The molecule has 1 aromatic rings. The molecule has 0 aliphatic heterocycles. The van der Waals surface area contributed by atoms with Gasteiger partial charge in [-0.1, -0.05) is 0 Å². The fourth-order valence-corrected chi connectivity index (χ4v) is 3.24. The molecule has 0 saturated carbocycles. The smallest absolute Gasteiger partial charge is 0.209 e. The third kappa shape index (κ3) is 7.61. The number of rotatable bonds is 8. The van der Waals surface area contributed by atoms with E-state index in [1.807, 2.05) is 13.0 Å². The molecule has 0 aromatic heterocycles. The number of hydrogen-bond donors (Lipinski definition) is 3. The Labute approximate surface area is 150 Å². The van der Waals surface area contributed by atoms with Crippen molar-refractivity contribution in [1.82, 2.24) is 10.0 Å². The van der Waals surface area contributed by atoms with Crippen molar-refractivity contribution in [3.8, 4) is 11.5 Å². The van der Waals surface area contributed by atoms with Gasteiger partial charge in [-0.3, -0.25) is 4.99 Å². The lowest BCUT2D eigenvalue weighted by Gasteiger charge is -2.23. The fraction of sp³-hybridized carbons (Fsp3) is 0.562. The molecule has 0 atom stereocenters. The molecular weight excluding hydrogens is 344 g/mol. The van der Waals surface area contributed by atoms with Crippen LogP contribution in [0.25, 0.3) is 0 Å². The number of benzene rings is 1. The van der Waals surface area contributed by atoms with Gasteiger partial charge in [-0.05, 0) is 32.9 Å². The van der Waals surface area contributed by atoms with Gasteiger partial charge in [0, 0.05) is 23.8 Å². The lowest BCUT2D eigenvalue weighted by Crippen LogP contribution is -2.46. The van der Waals surface area contributed by atoms with Gasteiger partial charge in [-0.2, -0.15) is 0 Å². The topological polar surface area (TPSA) is 101 Å². The Morgan fingerprint density at radius 1 is 1.20 bits per heavy atom. The van der Waals surface area contributed by atoms with E-state index < -0.39 is 15.6 Å². The van der Waals surface area contributed by atoms with Crippen molar-refractivity contribution >= 4 is 21.7 Å². The van der Waals surface area contributed by atoms with E-state index in [2.05, 4.69) is 20.3 Å². The summed E-state index contributed by atoms with van der Waals surface area (Å²) in [5.74, 6) is 1.77. The van der Waals surface area contributed by atoms with Gasteiger partial charge < -0.3 is 20.1 Å². The summed E-state index contributed by atoms with van der Waals surface area (Å²) in [5, 5.41) is 6.29. The first kappa shape index (κ1) is 21.0. The van der Waals surface area contributed by atoms with Crippen molar-refractivity contribution in [1.29, 1.82) is 0 Å². The highest BCUT2D eigenvalue weighted by atomic mass is 32.2. The van der Waals surface area contributed by atoms with Gasteiger partial charge in [0.25, 0.3) is 0 Å². The minimum atomic E-state index is -3.31. The van der Waals surface area contributed by atoms with Crippen LogP contribution in [-0.2, 0) is 10.0 Å².